The predicted molar refractivity (Wildman–Crippen MR) is 69.7 cm³/mol. The summed E-state index contributed by atoms with van der Waals surface area (Å²) in [5, 5.41) is 1.97. The summed E-state index contributed by atoms with van der Waals surface area (Å²) in [5.41, 5.74) is 1.26. The van der Waals surface area contributed by atoms with Crippen molar-refractivity contribution in [2.45, 2.75) is 0 Å². The van der Waals surface area contributed by atoms with Gasteiger partial charge in [0.15, 0.2) is 0 Å². The maximum Gasteiger partial charge on any atom is 0.0746 e. The van der Waals surface area contributed by atoms with Crippen molar-refractivity contribution in [3.63, 3.8) is 0 Å². The summed E-state index contributed by atoms with van der Waals surface area (Å²) >= 11 is 23.8. The lowest BCUT2D eigenvalue weighted by Gasteiger charge is -2.07. The van der Waals surface area contributed by atoms with Gasteiger partial charge >= 0.3 is 0 Å². The predicted octanol–water partition coefficient (Wildman–Crippen LogP) is 5.36. The van der Waals surface area contributed by atoms with Crippen molar-refractivity contribution < 1.29 is 0 Å². The quantitative estimate of drug-likeness (QED) is 0.689. The number of pyridine rings is 1. The summed E-state index contributed by atoms with van der Waals surface area (Å²) < 4.78 is 0. The molecule has 2 aromatic rings. The molecule has 0 fully saturated rings. The highest BCUT2D eigenvalue weighted by atomic mass is 35.5. The second-order valence-electron chi connectivity index (χ2n) is 3.10. The van der Waals surface area contributed by atoms with Crippen LogP contribution in [0.15, 0.2) is 30.5 Å². The van der Waals surface area contributed by atoms with E-state index in [4.69, 9.17) is 46.4 Å². The number of benzene rings is 1. The van der Waals surface area contributed by atoms with Crippen molar-refractivity contribution in [2.24, 2.45) is 0 Å². The molecule has 0 aliphatic carbocycles. The van der Waals surface area contributed by atoms with Gasteiger partial charge in [-0.05, 0) is 24.3 Å². The largest absolute Gasteiger partial charge is 0.256 e. The summed E-state index contributed by atoms with van der Waals surface area (Å²) in [6.45, 7) is 0. The van der Waals surface area contributed by atoms with Crippen molar-refractivity contribution in [3.8, 4) is 11.3 Å². The van der Waals surface area contributed by atoms with Gasteiger partial charge in [-0.2, -0.15) is 0 Å². The Hall–Kier alpha value is -0.470. The molecule has 1 nitrogen and oxygen atoms in total. The van der Waals surface area contributed by atoms with Crippen molar-refractivity contribution in [1.29, 1.82) is 0 Å². The molecule has 16 heavy (non-hydrogen) atoms. The van der Waals surface area contributed by atoms with Crippen LogP contribution >= 0.6 is 46.4 Å². The molecule has 1 heterocycles. The number of rotatable bonds is 1. The van der Waals surface area contributed by atoms with E-state index in [2.05, 4.69) is 4.98 Å². The highest BCUT2D eigenvalue weighted by molar-refractivity contribution is 6.41. The Morgan fingerprint density at radius 2 is 1.44 bits per heavy atom. The third-order valence-electron chi connectivity index (χ3n) is 1.99. The monoisotopic (exact) mass is 291 g/mol. The first-order chi connectivity index (χ1) is 7.58. The summed E-state index contributed by atoms with van der Waals surface area (Å²) in [7, 11) is 0. The first-order valence-electron chi connectivity index (χ1n) is 4.34. The first kappa shape index (κ1) is 12.0. The Kier molecular flexibility index (Phi) is 3.60. The maximum absolute atomic E-state index is 6.07. The molecule has 0 bridgehead atoms. The Morgan fingerprint density at radius 1 is 0.812 bits per heavy atom. The number of nitrogens with zero attached hydrogens (tertiary/aromatic N) is 1. The van der Waals surface area contributed by atoms with Crippen LogP contribution in [0.5, 0.6) is 0 Å². The molecule has 0 saturated heterocycles. The van der Waals surface area contributed by atoms with Crippen LogP contribution in [-0.4, -0.2) is 4.98 Å². The second kappa shape index (κ2) is 4.80. The van der Waals surface area contributed by atoms with Crippen molar-refractivity contribution in [3.05, 3.63) is 50.6 Å². The van der Waals surface area contributed by atoms with Crippen molar-refractivity contribution in [1.82, 2.24) is 4.98 Å². The van der Waals surface area contributed by atoms with Gasteiger partial charge in [0.25, 0.3) is 0 Å². The molecule has 0 saturated carbocycles. The molecule has 0 aliphatic heterocycles. The van der Waals surface area contributed by atoms with E-state index >= 15 is 0 Å². The van der Waals surface area contributed by atoms with Gasteiger partial charge in [0, 0.05) is 21.8 Å². The molecule has 0 atom stereocenters. The van der Waals surface area contributed by atoms with Gasteiger partial charge in [-0.15, -0.1) is 0 Å². The summed E-state index contributed by atoms with van der Waals surface area (Å²) in [4.78, 5) is 4.16. The fourth-order valence-corrected chi connectivity index (χ4v) is 2.50. The zero-order chi connectivity index (χ0) is 11.7. The van der Waals surface area contributed by atoms with Crippen LogP contribution in [0.1, 0.15) is 0 Å². The molecule has 0 N–H and O–H groups in total. The lowest BCUT2D eigenvalue weighted by Crippen LogP contribution is -1.86. The van der Waals surface area contributed by atoms with Crippen molar-refractivity contribution in [2.75, 3.05) is 0 Å². The Balaban J connectivity index is 2.64. The van der Waals surface area contributed by atoms with Crippen molar-refractivity contribution >= 4 is 46.4 Å². The van der Waals surface area contributed by atoms with Gasteiger partial charge in [-0.1, -0.05) is 46.4 Å². The third-order valence-corrected chi connectivity index (χ3v) is 3.03. The fourth-order valence-electron chi connectivity index (χ4n) is 1.33. The zero-order valence-corrected chi connectivity index (χ0v) is 10.9. The summed E-state index contributed by atoms with van der Waals surface area (Å²) in [6, 6.07) is 6.62. The number of aromatic nitrogens is 1. The normalized spacial score (nSPS) is 10.5. The highest BCUT2D eigenvalue weighted by Crippen LogP contribution is 2.36. The van der Waals surface area contributed by atoms with E-state index in [-0.39, 0.29) is 0 Å². The topological polar surface area (TPSA) is 12.9 Å². The van der Waals surface area contributed by atoms with E-state index in [1.54, 1.807) is 30.5 Å². The Morgan fingerprint density at radius 3 is 2.00 bits per heavy atom. The van der Waals surface area contributed by atoms with E-state index in [0.717, 1.165) is 0 Å². The van der Waals surface area contributed by atoms with Crippen LogP contribution in [0.2, 0.25) is 20.1 Å². The third kappa shape index (κ3) is 2.44. The smallest absolute Gasteiger partial charge is 0.0746 e. The lowest BCUT2D eigenvalue weighted by atomic mass is 10.1. The average molecular weight is 293 g/mol. The van der Waals surface area contributed by atoms with Gasteiger partial charge in [0.2, 0.25) is 0 Å². The number of hydrogen-bond donors (Lipinski definition) is 0. The minimum atomic E-state index is 0.451. The van der Waals surface area contributed by atoms with Gasteiger partial charge < -0.3 is 0 Å². The second-order valence-corrected chi connectivity index (χ2v) is 4.79. The van der Waals surface area contributed by atoms with E-state index in [1.807, 2.05) is 0 Å². The molecule has 0 spiro atoms. The minimum absolute atomic E-state index is 0.451. The molecular formula is C11H5Cl4N. The SMILES string of the molecule is Clc1ccnc(-c2c(Cl)cc(Cl)cc2Cl)c1. The molecule has 0 radical (unpaired) electrons. The molecule has 82 valence electrons. The average Bonchev–Trinajstić information content (AvgIpc) is 2.15. The molecule has 0 aliphatic rings. The molecule has 1 aromatic heterocycles. The molecule has 2 rings (SSSR count). The Bertz CT molecular complexity index is 516. The highest BCUT2D eigenvalue weighted by Gasteiger charge is 2.11. The maximum atomic E-state index is 6.07. The Labute approximate surface area is 113 Å². The molecule has 0 amide bonds. The zero-order valence-electron chi connectivity index (χ0n) is 7.85. The van der Waals surface area contributed by atoms with Crippen LogP contribution in [0.25, 0.3) is 11.3 Å². The number of halogens is 4. The van der Waals surface area contributed by atoms with E-state index in [9.17, 15) is 0 Å². The molecule has 0 unspecified atom stereocenters. The van der Waals surface area contributed by atoms with Gasteiger partial charge in [-0.25, -0.2) is 0 Å². The molecule has 5 heteroatoms. The van der Waals surface area contributed by atoms with E-state index < -0.39 is 0 Å². The summed E-state index contributed by atoms with van der Waals surface area (Å²) in [6.07, 6.45) is 1.60. The van der Waals surface area contributed by atoms with Crippen LogP contribution in [-0.2, 0) is 0 Å². The fraction of sp³-hybridized carbons (Fsp3) is 0. The molecular weight excluding hydrogens is 288 g/mol. The van der Waals surface area contributed by atoms with Crippen LogP contribution in [0.3, 0.4) is 0 Å². The standard InChI is InChI=1S/C11H5Cl4N/c12-6-1-2-16-10(5-6)11-8(14)3-7(13)4-9(11)15/h1-5H. The van der Waals surface area contributed by atoms with Crippen LogP contribution in [0.4, 0.5) is 0 Å². The number of hydrogen-bond acceptors (Lipinski definition) is 1. The van der Waals surface area contributed by atoms with E-state index in [1.165, 1.54) is 0 Å². The molecule has 1 aromatic carbocycles. The van der Waals surface area contributed by atoms with Crippen LogP contribution < -0.4 is 0 Å². The van der Waals surface area contributed by atoms with Gasteiger partial charge in [0.1, 0.15) is 0 Å². The lowest BCUT2D eigenvalue weighted by molar-refractivity contribution is 1.33. The first-order valence-corrected chi connectivity index (χ1v) is 5.85. The van der Waals surface area contributed by atoms with Gasteiger partial charge in [-0.3, -0.25) is 4.98 Å². The van der Waals surface area contributed by atoms with E-state index in [0.29, 0.717) is 31.3 Å². The van der Waals surface area contributed by atoms with Gasteiger partial charge in [0.05, 0.1) is 15.7 Å². The van der Waals surface area contributed by atoms with Crippen LogP contribution in [0, 0.1) is 0 Å². The minimum Gasteiger partial charge on any atom is -0.256 e. The summed E-state index contributed by atoms with van der Waals surface area (Å²) in [5.74, 6) is 0.